The van der Waals surface area contributed by atoms with Gasteiger partial charge in [0.1, 0.15) is 11.6 Å². The summed E-state index contributed by atoms with van der Waals surface area (Å²) in [5, 5.41) is 0. The van der Waals surface area contributed by atoms with Gasteiger partial charge in [0.05, 0.1) is 12.3 Å². The number of hydrogen-bond donors (Lipinski definition) is 1. The summed E-state index contributed by atoms with van der Waals surface area (Å²) in [5.41, 5.74) is 6.69. The molecule has 1 heterocycles. The Balaban J connectivity index is 2.23. The van der Waals surface area contributed by atoms with Gasteiger partial charge in [-0.05, 0) is 37.5 Å². The molecule has 0 aliphatic rings. The summed E-state index contributed by atoms with van der Waals surface area (Å²) < 4.78 is 10.5. The van der Waals surface area contributed by atoms with Crippen LogP contribution in [0.4, 0.5) is 5.69 Å². The second-order valence-corrected chi connectivity index (χ2v) is 5.35. The summed E-state index contributed by atoms with van der Waals surface area (Å²) in [5.74, 6) is 1.51. The van der Waals surface area contributed by atoms with Crippen LogP contribution in [0.25, 0.3) is 0 Å². The lowest BCUT2D eigenvalue weighted by molar-refractivity contribution is 0.341. The number of rotatable bonds is 4. The van der Waals surface area contributed by atoms with Gasteiger partial charge in [-0.15, -0.1) is 0 Å². The third kappa shape index (κ3) is 2.89. The van der Waals surface area contributed by atoms with E-state index in [9.17, 15) is 0 Å². The number of aromatic nitrogens is 2. The van der Waals surface area contributed by atoms with Crippen LogP contribution >= 0.6 is 23.3 Å². The minimum atomic E-state index is 0.607. The van der Waals surface area contributed by atoms with Crippen molar-refractivity contribution >= 4 is 29.0 Å². The predicted octanol–water partition coefficient (Wildman–Crippen LogP) is 2.98. The highest BCUT2D eigenvalue weighted by atomic mass is 32.2. The average molecular weight is 267 g/mol. The van der Waals surface area contributed by atoms with Crippen LogP contribution < -0.4 is 10.5 Å². The highest BCUT2D eigenvalue weighted by molar-refractivity contribution is 8.01. The maximum absolute atomic E-state index is 6.03. The van der Waals surface area contributed by atoms with Crippen LogP contribution in [0, 0.1) is 6.92 Å². The predicted molar refractivity (Wildman–Crippen MR) is 70.8 cm³/mol. The Morgan fingerprint density at radius 3 is 2.94 bits per heavy atom. The molecule has 0 radical (unpaired) electrons. The molecule has 1 aromatic heterocycles. The van der Waals surface area contributed by atoms with Crippen molar-refractivity contribution in [2.45, 2.75) is 23.1 Å². The highest BCUT2D eigenvalue weighted by Gasteiger charge is 2.09. The van der Waals surface area contributed by atoms with E-state index in [4.69, 9.17) is 10.5 Å². The van der Waals surface area contributed by atoms with E-state index in [0.717, 1.165) is 20.8 Å². The van der Waals surface area contributed by atoms with Gasteiger partial charge in [0.2, 0.25) is 0 Å². The van der Waals surface area contributed by atoms with Crippen LogP contribution in [0.1, 0.15) is 12.7 Å². The molecule has 0 atom stereocenters. The van der Waals surface area contributed by atoms with Crippen molar-refractivity contribution in [3.05, 3.63) is 24.0 Å². The fraction of sp³-hybridized carbons (Fsp3) is 0.273. The third-order valence-electron chi connectivity index (χ3n) is 2.03. The molecule has 0 aliphatic carbocycles. The number of hydrogen-bond acceptors (Lipinski definition) is 6. The molecular weight excluding hydrogens is 254 g/mol. The quantitative estimate of drug-likeness (QED) is 0.863. The van der Waals surface area contributed by atoms with Gasteiger partial charge in [0.15, 0.2) is 4.34 Å². The van der Waals surface area contributed by atoms with E-state index in [1.807, 2.05) is 32.0 Å². The number of aryl methyl sites for hydroxylation is 1. The summed E-state index contributed by atoms with van der Waals surface area (Å²) in [4.78, 5) is 5.25. The van der Waals surface area contributed by atoms with E-state index in [1.54, 1.807) is 0 Å². The molecule has 0 saturated carbocycles. The molecule has 0 spiro atoms. The second kappa shape index (κ2) is 5.37. The highest BCUT2D eigenvalue weighted by Crippen LogP contribution is 2.37. The molecule has 17 heavy (non-hydrogen) atoms. The van der Waals surface area contributed by atoms with Crippen LogP contribution in [0.2, 0.25) is 0 Å². The first-order valence-electron chi connectivity index (χ1n) is 5.20. The van der Waals surface area contributed by atoms with Crippen LogP contribution in [-0.4, -0.2) is 16.0 Å². The monoisotopic (exact) mass is 267 g/mol. The first-order chi connectivity index (χ1) is 8.20. The van der Waals surface area contributed by atoms with Gasteiger partial charge in [-0.1, -0.05) is 17.8 Å². The molecule has 1 aromatic carbocycles. The van der Waals surface area contributed by atoms with Crippen molar-refractivity contribution in [2.75, 3.05) is 12.3 Å². The van der Waals surface area contributed by atoms with E-state index >= 15 is 0 Å². The number of nitrogen functional groups attached to an aromatic ring is 1. The lowest BCUT2D eigenvalue weighted by Crippen LogP contribution is -1.97. The van der Waals surface area contributed by atoms with Gasteiger partial charge in [-0.2, -0.15) is 4.37 Å². The van der Waals surface area contributed by atoms with Gasteiger partial charge < -0.3 is 10.5 Å². The minimum Gasteiger partial charge on any atom is -0.492 e. The molecule has 2 rings (SSSR count). The second-order valence-electron chi connectivity index (χ2n) is 3.31. The topological polar surface area (TPSA) is 61.0 Å². The van der Waals surface area contributed by atoms with Crippen molar-refractivity contribution in [1.82, 2.24) is 9.36 Å². The minimum absolute atomic E-state index is 0.607. The molecule has 4 nitrogen and oxygen atoms in total. The van der Waals surface area contributed by atoms with Crippen LogP contribution in [-0.2, 0) is 0 Å². The zero-order valence-electron chi connectivity index (χ0n) is 9.64. The number of nitrogens with zero attached hydrogens (tertiary/aromatic N) is 2. The first kappa shape index (κ1) is 12.2. The lowest BCUT2D eigenvalue weighted by Gasteiger charge is -2.09. The Morgan fingerprint density at radius 2 is 2.29 bits per heavy atom. The summed E-state index contributed by atoms with van der Waals surface area (Å²) in [6.45, 7) is 4.42. The van der Waals surface area contributed by atoms with E-state index in [2.05, 4.69) is 9.36 Å². The normalized spacial score (nSPS) is 10.5. The van der Waals surface area contributed by atoms with Gasteiger partial charge in [-0.25, -0.2) is 4.98 Å². The van der Waals surface area contributed by atoms with Crippen molar-refractivity contribution < 1.29 is 4.74 Å². The molecule has 0 unspecified atom stereocenters. The summed E-state index contributed by atoms with van der Waals surface area (Å²) >= 11 is 2.89. The molecule has 90 valence electrons. The number of anilines is 1. The van der Waals surface area contributed by atoms with Gasteiger partial charge in [-0.3, -0.25) is 0 Å². The maximum atomic E-state index is 6.03. The fourth-order valence-corrected chi connectivity index (χ4v) is 2.99. The molecule has 6 heteroatoms. The number of para-hydroxylation sites is 1. The van der Waals surface area contributed by atoms with Gasteiger partial charge in [0, 0.05) is 4.90 Å². The summed E-state index contributed by atoms with van der Waals surface area (Å²) in [6.07, 6.45) is 0. The standard InChI is InChI=1S/C11H13N3OS2/c1-3-15-8-5-4-6-9(10(8)12)16-11-13-7(2)14-17-11/h4-6H,3,12H2,1-2H3. The van der Waals surface area contributed by atoms with Crippen LogP contribution in [0.3, 0.4) is 0 Å². The molecular formula is C11H13N3OS2. The first-order valence-corrected chi connectivity index (χ1v) is 6.79. The van der Waals surface area contributed by atoms with E-state index in [1.165, 1.54) is 23.3 Å². The fourth-order valence-electron chi connectivity index (χ4n) is 1.31. The molecule has 0 aliphatic heterocycles. The Hall–Kier alpha value is -1.27. The Labute approximate surface area is 108 Å². The van der Waals surface area contributed by atoms with E-state index in [-0.39, 0.29) is 0 Å². The Kier molecular flexibility index (Phi) is 3.86. The molecule has 0 bridgehead atoms. The number of ether oxygens (including phenoxy) is 1. The molecule has 2 aromatic rings. The van der Waals surface area contributed by atoms with Crippen LogP contribution in [0.5, 0.6) is 5.75 Å². The Bertz CT molecular complexity index is 513. The average Bonchev–Trinajstić information content (AvgIpc) is 2.70. The third-order valence-corrected chi connectivity index (χ3v) is 3.95. The maximum Gasteiger partial charge on any atom is 0.174 e. The van der Waals surface area contributed by atoms with Crippen molar-refractivity contribution in [2.24, 2.45) is 0 Å². The smallest absolute Gasteiger partial charge is 0.174 e. The van der Waals surface area contributed by atoms with Crippen LogP contribution in [0.15, 0.2) is 27.4 Å². The van der Waals surface area contributed by atoms with E-state index in [0.29, 0.717) is 12.3 Å². The lowest BCUT2D eigenvalue weighted by atomic mass is 10.3. The van der Waals surface area contributed by atoms with Crippen molar-refractivity contribution in [1.29, 1.82) is 0 Å². The van der Waals surface area contributed by atoms with E-state index < -0.39 is 0 Å². The zero-order chi connectivity index (χ0) is 12.3. The molecule has 0 amide bonds. The Morgan fingerprint density at radius 1 is 1.47 bits per heavy atom. The van der Waals surface area contributed by atoms with Gasteiger partial charge >= 0.3 is 0 Å². The summed E-state index contributed by atoms with van der Waals surface area (Å²) in [7, 11) is 0. The molecule has 0 fully saturated rings. The van der Waals surface area contributed by atoms with Crippen molar-refractivity contribution in [3.8, 4) is 5.75 Å². The number of nitrogens with two attached hydrogens (primary N) is 1. The number of benzene rings is 1. The largest absolute Gasteiger partial charge is 0.492 e. The summed E-state index contributed by atoms with van der Waals surface area (Å²) in [6, 6.07) is 5.76. The SMILES string of the molecule is CCOc1cccc(Sc2nc(C)ns2)c1N. The molecule has 2 N–H and O–H groups in total. The van der Waals surface area contributed by atoms with Crippen molar-refractivity contribution in [3.63, 3.8) is 0 Å². The zero-order valence-corrected chi connectivity index (χ0v) is 11.3. The molecule has 0 saturated heterocycles. The van der Waals surface area contributed by atoms with Gasteiger partial charge in [0.25, 0.3) is 0 Å².